The summed E-state index contributed by atoms with van der Waals surface area (Å²) in [6, 6.07) is 5.34. The fourth-order valence-electron chi connectivity index (χ4n) is 1.64. The molecular formula is C13H17N3O2. The first kappa shape index (κ1) is 12.6. The van der Waals surface area contributed by atoms with Gasteiger partial charge in [0.15, 0.2) is 0 Å². The van der Waals surface area contributed by atoms with Crippen molar-refractivity contribution in [2.24, 2.45) is 5.73 Å². The minimum atomic E-state index is -0.657. The van der Waals surface area contributed by atoms with Gasteiger partial charge in [-0.05, 0) is 32.9 Å². The lowest BCUT2D eigenvalue weighted by Gasteiger charge is -2.22. The van der Waals surface area contributed by atoms with Gasteiger partial charge >= 0.3 is 5.97 Å². The molecule has 5 nitrogen and oxygen atoms in total. The van der Waals surface area contributed by atoms with E-state index >= 15 is 0 Å². The maximum absolute atomic E-state index is 12.0. The van der Waals surface area contributed by atoms with Gasteiger partial charge in [-0.15, -0.1) is 0 Å². The van der Waals surface area contributed by atoms with E-state index < -0.39 is 5.60 Å². The third kappa shape index (κ3) is 2.36. The molecule has 0 aliphatic heterocycles. The smallest absolute Gasteiger partial charge is 0.338 e. The molecule has 2 rings (SSSR count). The number of H-pyrrole nitrogens is 1. The second-order valence-electron chi connectivity index (χ2n) is 4.92. The topological polar surface area (TPSA) is 81.0 Å². The van der Waals surface area contributed by atoms with E-state index in [1.54, 1.807) is 26.0 Å². The Hall–Kier alpha value is -1.88. The van der Waals surface area contributed by atoms with E-state index in [2.05, 4.69) is 10.2 Å². The predicted molar refractivity (Wildman–Crippen MR) is 69.4 cm³/mol. The van der Waals surface area contributed by atoms with Crippen LogP contribution in [0.4, 0.5) is 0 Å². The lowest BCUT2D eigenvalue weighted by molar-refractivity contribution is 0.00294. The number of nitrogens with one attached hydrogen (secondary N) is 1. The Morgan fingerprint density at radius 1 is 1.50 bits per heavy atom. The number of esters is 1. The maximum Gasteiger partial charge on any atom is 0.338 e. The fraction of sp³-hybridized carbons (Fsp3) is 0.385. The second-order valence-corrected chi connectivity index (χ2v) is 4.92. The van der Waals surface area contributed by atoms with Crippen LogP contribution in [0, 0.1) is 6.92 Å². The first-order valence-corrected chi connectivity index (χ1v) is 5.81. The van der Waals surface area contributed by atoms with Crippen LogP contribution >= 0.6 is 0 Å². The zero-order valence-corrected chi connectivity index (χ0v) is 10.8. The molecule has 1 aromatic heterocycles. The summed E-state index contributed by atoms with van der Waals surface area (Å²) in [6.07, 6.45) is 0. The van der Waals surface area contributed by atoms with Gasteiger partial charge in [-0.2, -0.15) is 5.10 Å². The summed E-state index contributed by atoms with van der Waals surface area (Å²) in [7, 11) is 0. The van der Waals surface area contributed by atoms with Crippen molar-refractivity contribution in [2.75, 3.05) is 6.54 Å². The van der Waals surface area contributed by atoms with Crippen LogP contribution in [0.2, 0.25) is 0 Å². The van der Waals surface area contributed by atoms with Gasteiger partial charge in [0.25, 0.3) is 0 Å². The molecule has 0 aliphatic carbocycles. The molecular weight excluding hydrogens is 230 g/mol. The molecule has 0 amide bonds. The van der Waals surface area contributed by atoms with Crippen LogP contribution in [-0.4, -0.2) is 28.3 Å². The third-order valence-corrected chi connectivity index (χ3v) is 2.85. The number of nitrogens with zero attached hydrogens (tertiary/aromatic N) is 1. The number of aromatic nitrogens is 2. The van der Waals surface area contributed by atoms with E-state index in [1.165, 1.54) is 0 Å². The van der Waals surface area contributed by atoms with E-state index in [9.17, 15) is 4.79 Å². The molecule has 96 valence electrons. The number of aryl methyl sites for hydroxylation is 1. The van der Waals surface area contributed by atoms with Crippen LogP contribution in [0.1, 0.15) is 29.9 Å². The van der Waals surface area contributed by atoms with Crippen molar-refractivity contribution < 1.29 is 9.53 Å². The Balaban J connectivity index is 2.28. The van der Waals surface area contributed by atoms with Crippen LogP contribution in [0.25, 0.3) is 10.9 Å². The Labute approximate surface area is 105 Å². The lowest BCUT2D eigenvalue weighted by Crippen LogP contribution is -2.36. The van der Waals surface area contributed by atoms with E-state index in [0.29, 0.717) is 5.56 Å². The van der Waals surface area contributed by atoms with Crippen LogP contribution in [-0.2, 0) is 4.74 Å². The van der Waals surface area contributed by atoms with Gasteiger partial charge in [-0.3, -0.25) is 5.10 Å². The summed E-state index contributed by atoms with van der Waals surface area (Å²) in [4.78, 5) is 12.0. The van der Waals surface area contributed by atoms with E-state index in [-0.39, 0.29) is 12.5 Å². The van der Waals surface area contributed by atoms with Crippen molar-refractivity contribution >= 4 is 16.9 Å². The minimum Gasteiger partial charge on any atom is -0.455 e. The molecule has 0 saturated heterocycles. The van der Waals surface area contributed by atoms with Gasteiger partial charge < -0.3 is 10.5 Å². The molecule has 3 N–H and O–H groups in total. The Kier molecular flexibility index (Phi) is 3.09. The number of nitrogens with two attached hydrogens (primary N) is 1. The zero-order chi connectivity index (χ0) is 13.3. The van der Waals surface area contributed by atoms with E-state index in [4.69, 9.17) is 10.5 Å². The average Bonchev–Trinajstić information content (AvgIpc) is 2.70. The van der Waals surface area contributed by atoms with Crippen molar-refractivity contribution in [1.82, 2.24) is 10.2 Å². The van der Waals surface area contributed by atoms with Crippen molar-refractivity contribution in [3.8, 4) is 0 Å². The quantitative estimate of drug-likeness (QED) is 0.810. The van der Waals surface area contributed by atoms with Gasteiger partial charge in [0, 0.05) is 11.9 Å². The summed E-state index contributed by atoms with van der Waals surface area (Å²) in [6.45, 7) is 5.76. The van der Waals surface area contributed by atoms with Crippen molar-refractivity contribution in [2.45, 2.75) is 26.4 Å². The highest BCUT2D eigenvalue weighted by Gasteiger charge is 2.22. The van der Waals surface area contributed by atoms with E-state index in [0.717, 1.165) is 16.6 Å². The van der Waals surface area contributed by atoms with Gasteiger partial charge in [0.2, 0.25) is 0 Å². The largest absolute Gasteiger partial charge is 0.455 e. The molecule has 1 aromatic carbocycles. The molecule has 0 fully saturated rings. The normalized spacial score (nSPS) is 11.8. The molecule has 5 heteroatoms. The molecule has 0 unspecified atom stereocenters. The first-order chi connectivity index (χ1) is 8.43. The highest BCUT2D eigenvalue weighted by Crippen LogP contribution is 2.19. The number of hydrogen-bond acceptors (Lipinski definition) is 4. The summed E-state index contributed by atoms with van der Waals surface area (Å²) >= 11 is 0. The minimum absolute atomic E-state index is 0.282. The average molecular weight is 247 g/mol. The monoisotopic (exact) mass is 247 g/mol. The van der Waals surface area contributed by atoms with Crippen molar-refractivity contribution in [3.05, 3.63) is 29.5 Å². The molecule has 1 heterocycles. The number of rotatable bonds is 3. The number of carbonyl (C=O) groups is 1. The number of ether oxygens (including phenoxy) is 1. The SMILES string of the molecule is Cc1n[nH]c2cc(C(=O)OC(C)(C)CN)ccc12. The zero-order valence-electron chi connectivity index (χ0n) is 10.8. The summed E-state index contributed by atoms with van der Waals surface area (Å²) in [5, 5.41) is 7.97. The van der Waals surface area contributed by atoms with Crippen LogP contribution in [0.5, 0.6) is 0 Å². The predicted octanol–water partition coefficient (Wildman–Crippen LogP) is 1.77. The standard InChI is InChI=1S/C13H17N3O2/c1-8-10-5-4-9(6-11(10)16-15-8)12(17)18-13(2,3)7-14/h4-6H,7,14H2,1-3H3,(H,15,16). The molecule has 0 saturated carbocycles. The van der Waals surface area contributed by atoms with Crippen LogP contribution in [0.15, 0.2) is 18.2 Å². The second kappa shape index (κ2) is 4.42. The Bertz CT molecular complexity index is 587. The highest BCUT2D eigenvalue weighted by atomic mass is 16.6. The number of hydrogen-bond donors (Lipinski definition) is 2. The Morgan fingerprint density at radius 3 is 2.89 bits per heavy atom. The summed E-state index contributed by atoms with van der Waals surface area (Å²) < 4.78 is 5.33. The van der Waals surface area contributed by atoms with E-state index in [1.807, 2.05) is 13.0 Å². The van der Waals surface area contributed by atoms with Crippen molar-refractivity contribution in [3.63, 3.8) is 0 Å². The molecule has 0 radical (unpaired) electrons. The molecule has 2 aromatic rings. The molecule has 0 aliphatic rings. The molecule has 0 bridgehead atoms. The lowest BCUT2D eigenvalue weighted by atomic mass is 10.1. The molecule has 18 heavy (non-hydrogen) atoms. The van der Waals surface area contributed by atoms with Gasteiger partial charge in [-0.1, -0.05) is 6.07 Å². The maximum atomic E-state index is 12.0. The summed E-state index contributed by atoms with van der Waals surface area (Å²) in [5.41, 5.74) is 7.11. The highest BCUT2D eigenvalue weighted by molar-refractivity contribution is 5.95. The fourth-order valence-corrected chi connectivity index (χ4v) is 1.64. The molecule has 0 atom stereocenters. The Morgan fingerprint density at radius 2 is 2.22 bits per heavy atom. The third-order valence-electron chi connectivity index (χ3n) is 2.85. The van der Waals surface area contributed by atoms with Crippen molar-refractivity contribution in [1.29, 1.82) is 0 Å². The van der Waals surface area contributed by atoms with Crippen LogP contribution in [0.3, 0.4) is 0 Å². The van der Waals surface area contributed by atoms with Gasteiger partial charge in [0.05, 0.1) is 16.8 Å². The number of fused-ring (bicyclic) bond motifs is 1. The number of aromatic amines is 1. The molecule has 0 spiro atoms. The van der Waals surface area contributed by atoms with Gasteiger partial charge in [0.1, 0.15) is 5.60 Å². The first-order valence-electron chi connectivity index (χ1n) is 5.81. The van der Waals surface area contributed by atoms with Gasteiger partial charge in [-0.25, -0.2) is 4.79 Å². The number of benzene rings is 1. The number of carbonyl (C=O) groups excluding carboxylic acids is 1. The van der Waals surface area contributed by atoms with Crippen LogP contribution < -0.4 is 5.73 Å². The summed E-state index contributed by atoms with van der Waals surface area (Å²) in [5.74, 6) is -0.375.